The topological polar surface area (TPSA) is 72.8 Å². The number of aliphatic hydroxyl groups excluding tert-OH is 1. The molecule has 0 radical (unpaired) electrons. The number of carbonyl (C=O) groups excluding carboxylic acids is 2. The molecule has 0 aliphatic rings. The van der Waals surface area contributed by atoms with E-state index in [-0.39, 0.29) is 0 Å². The maximum atomic E-state index is 11.8. The third kappa shape index (κ3) is 57.0. The largest absolute Gasteiger partial charge is 0.396 e. The van der Waals surface area contributed by atoms with Crippen LogP contribution in [0.1, 0.15) is 316 Å². The Hall–Kier alpha value is -1.10. The maximum absolute atomic E-state index is 11.8. The number of rotatable bonds is 46. The minimum atomic E-state index is -0.417. The number of carbonyl (C=O) groups is 2. The van der Waals surface area contributed by atoms with Gasteiger partial charge in [-0.2, -0.15) is 0 Å². The van der Waals surface area contributed by atoms with Crippen molar-refractivity contribution in [1.29, 1.82) is 0 Å². The second kappa shape index (κ2) is 54.9. The van der Waals surface area contributed by atoms with Gasteiger partial charge in [-0.05, 0) is 19.3 Å². The van der Waals surface area contributed by atoms with Crippen molar-refractivity contribution in [3.05, 3.63) is 0 Å². The molecule has 0 bridgehead atoms. The minimum Gasteiger partial charge on any atom is -0.396 e. The Bertz CT molecular complexity index is 680. The van der Waals surface area contributed by atoms with Gasteiger partial charge in [0, 0.05) is 6.61 Å². The van der Waals surface area contributed by atoms with E-state index < -0.39 is 11.9 Å². The van der Waals surface area contributed by atoms with Gasteiger partial charge in [0.2, 0.25) is 0 Å². The van der Waals surface area contributed by atoms with Gasteiger partial charge in [0.05, 0.1) is 12.8 Å². The van der Waals surface area contributed by atoms with Crippen molar-refractivity contribution in [2.45, 2.75) is 316 Å². The van der Waals surface area contributed by atoms with Crippen LogP contribution in [0.3, 0.4) is 0 Å². The molecular weight excluding hydrogens is 705 g/mol. The minimum absolute atomic E-state index is 0.338. The van der Waals surface area contributed by atoms with Gasteiger partial charge in [-0.25, -0.2) is 19.4 Å². The third-order valence-corrected chi connectivity index (χ3v) is 11.7. The smallest absolute Gasteiger partial charge is 0.355 e. The lowest BCUT2D eigenvalue weighted by atomic mass is 10.0. The Morgan fingerprint density at radius 3 is 0.596 bits per heavy atom. The zero-order chi connectivity index (χ0) is 41.8. The second-order valence-corrected chi connectivity index (χ2v) is 17.6. The summed E-state index contributed by atoms with van der Waals surface area (Å²) >= 11 is 0. The molecule has 0 aromatic carbocycles. The van der Waals surface area contributed by atoms with Crippen LogP contribution >= 0.6 is 0 Å². The summed E-state index contributed by atoms with van der Waals surface area (Å²) in [5, 5.41) is 8.64. The Balaban J connectivity index is 0. The highest BCUT2D eigenvalue weighted by atomic mass is 17.2. The van der Waals surface area contributed by atoms with Crippen molar-refractivity contribution >= 4 is 11.9 Å². The summed E-state index contributed by atoms with van der Waals surface area (Å²) in [6, 6.07) is 0. The van der Waals surface area contributed by atoms with Gasteiger partial charge in [0.15, 0.2) is 0 Å². The SMILES string of the molecule is CCCCCCCCCCCCCCCCCC(=O)OOC(=O)CCCCCCCCCCCCCCCCC.CCCCCCCCCCCCCCCCO. The maximum Gasteiger partial charge on any atom is 0.355 e. The van der Waals surface area contributed by atoms with E-state index in [1.165, 1.54) is 250 Å². The van der Waals surface area contributed by atoms with Gasteiger partial charge in [-0.3, -0.25) is 0 Å². The van der Waals surface area contributed by atoms with Crippen molar-refractivity contribution in [3.8, 4) is 0 Å². The molecule has 0 fully saturated rings. The van der Waals surface area contributed by atoms with Crippen molar-refractivity contribution in [2.24, 2.45) is 0 Å². The number of hydrogen-bond donors (Lipinski definition) is 1. The van der Waals surface area contributed by atoms with Gasteiger partial charge in [-0.1, -0.05) is 284 Å². The second-order valence-electron chi connectivity index (χ2n) is 17.6. The van der Waals surface area contributed by atoms with Gasteiger partial charge in [-0.15, -0.1) is 0 Å². The van der Waals surface area contributed by atoms with E-state index in [9.17, 15) is 9.59 Å². The summed E-state index contributed by atoms with van der Waals surface area (Å²) in [6.07, 6.45) is 58.8. The highest BCUT2D eigenvalue weighted by Gasteiger charge is 2.09. The molecule has 0 saturated carbocycles. The van der Waals surface area contributed by atoms with Crippen LogP contribution in [0.2, 0.25) is 0 Å². The molecule has 0 saturated heterocycles. The Kier molecular flexibility index (Phi) is 55.9. The molecule has 1 N–H and O–H groups in total. The number of unbranched alkanes of at least 4 members (excludes halogenated alkanes) is 41. The molecule has 0 amide bonds. The fourth-order valence-corrected chi connectivity index (χ4v) is 7.76. The summed E-state index contributed by atoms with van der Waals surface area (Å²) in [4.78, 5) is 33.0. The Labute approximate surface area is 358 Å². The normalized spacial score (nSPS) is 11.1. The molecule has 0 rings (SSSR count). The zero-order valence-electron chi connectivity index (χ0n) is 39.3. The first-order valence-corrected chi connectivity index (χ1v) is 26.1. The summed E-state index contributed by atoms with van der Waals surface area (Å²) in [5.41, 5.74) is 0. The van der Waals surface area contributed by atoms with Gasteiger partial charge < -0.3 is 5.11 Å². The first-order chi connectivity index (χ1) is 28.1. The lowest BCUT2D eigenvalue weighted by molar-refractivity contribution is -0.259. The molecule has 0 aromatic heterocycles. The number of hydrogen-bond acceptors (Lipinski definition) is 5. The van der Waals surface area contributed by atoms with E-state index in [0.717, 1.165) is 32.1 Å². The van der Waals surface area contributed by atoms with Crippen LogP contribution in [0.25, 0.3) is 0 Å². The lowest BCUT2D eigenvalue weighted by Gasteiger charge is -2.05. The quantitative estimate of drug-likeness (QED) is 0.0377. The lowest BCUT2D eigenvalue weighted by Crippen LogP contribution is -2.11. The van der Waals surface area contributed by atoms with Crippen molar-refractivity contribution < 1.29 is 24.5 Å². The first-order valence-electron chi connectivity index (χ1n) is 26.1. The van der Waals surface area contributed by atoms with Gasteiger partial charge >= 0.3 is 11.9 Å². The van der Waals surface area contributed by atoms with E-state index in [1.807, 2.05) is 0 Å². The fraction of sp³-hybridized carbons (Fsp3) is 0.962. The van der Waals surface area contributed by atoms with Crippen LogP contribution < -0.4 is 0 Å². The Morgan fingerprint density at radius 1 is 0.263 bits per heavy atom. The van der Waals surface area contributed by atoms with Crippen molar-refractivity contribution in [3.63, 3.8) is 0 Å². The molecule has 0 aliphatic heterocycles. The molecule has 342 valence electrons. The van der Waals surface area contributed by atoms with Crippen LogP contribution in [0.4, 0.5) is 0 Å². The van der Waals surface area contributed by atoms with Crippen LogP contribution in [-0.4, -0.2) is 23.7 Å². The van der Waals surface area contributed by atoms with Crippen LogP contribution in [0, 0.1) is 0 Å². The Morgan fingerprint density at radius 2 is 0.421 bits per heavy atom. The van der Waals surface area contributed by atoms with Crippen molar-refractivity contribution in [2.75, 3.05) is 6.61 Å². The summed E-state index contributed by atoms with van der Waals surface area (Å²) in [6.45, 7) is 7.20. The molecule has 5 nitrogen and oxygen atoms in total. The third-order valence-electron chi connectivity index (χ3n) is 11.7. The van der Waals surface area contributed by atoms with Crippen LogP contribution in [-0.2, 0) is 19.4 Å². The molecule has 0 unspecified atom stereocenters. The van der Waals surface area contributed by atoms with E-state index >= 15 is 0 Å². The standard InChI is InChI=1S/C36H70O4.C16H34O/c1-3-5-7-9-11-13-15-17-19-21-23-25-27-29-31-33-35(37)39-40-36(38)34-32-30-28-26-24-22-20-18-16-14-12-10-8-6-4-2;1-2-3-4-5-6-7-8-9-10-11-12-13-14-15-16-17/h3-34H2,1-2H3;17H,2-16H2,1H3. The van der Waals surface area contributed by atoms with Crippen LogP contribution in [0.15, 0.2) is 0 Å². The predicted octanol–water partition coefficient (Wildman–Crippen LogP) is 18.0. The monoisotopic (exact) mass is 809 g/mol. The van der Waals surface area contributed by atoms with E-state index in [0.29, 0.717) is 19.4 Å². The molecule has 5 heteroatoms. The average Bonchev–Trinajstić information content (AvgIpc) is 3.22. The molecule has 0 aromatic rings. The summed E-state index contributed by atoms with van der Waals surface area (Å²) < 4.78 is 0. The van der Waals surface area contributed by atoms with E-state index in [1.54, 1.807) is 0 Å². The zero-order valence-corrected chi connectivity index (χ0v) is 39.3. The highest BCUT2D eigenvalue weighted by Crippen LogP contribution is 2.16. The first kappa shape index (κ1) is 58.0. The molecule has 0 heterocycles. The van der Waals surface area contributed by atoms with Crippen molar-refractivity contribution in [1.82, 2.24) is 0 Å². The highest BCUT2D eigenvalue weighted by molar-refractivity contribution is 5.72. The average molecular weight is 809 g/mol. The predicted molar refractivity (Wildman–Crippen MR) is 249 cm³/mol. The summed E-state index contributed by atoms with van der Waals surface area (Å²) in [7, 11) is 0. The molecule has 0 atom stereocenters. The number of aliphatic hydroxyl groups is 1. The molecular formula is C52H104O5. The van der Waals surface area contributed by atoms with Gasteiger partial charge in [0.25, 0.3) is 0 Å². The molecule has 0 spiro atoms. The molecule has 0 aliphatic carbocycles. The van der Waals surface area contributed by atoms with E-state index in [4.69, 9.17) is 14.9 Å². The fourth-order valence-electron chi connectivity index (χ4n) is 7.76. The van der Waals surface area contributed by atoms with Crippen LogP contribution in [0.5, 0.6) is 0 Å². The summed E-state index contributed by atoms with van der Waals surface area (Å²) in [5.74, 6) is -0.834. The van der Waals surface area contributed by atoms with Gasteiger partial charge in [0.1, 0.15) is 0 Å². The molecule has 57 heavy (non-hydrogen) atoms. The van der Waals surface area contributed by atoms with E-state index in [2.05, 4.69) is 20.8 Å².